The molecule has 1 aliphatic rings. The second-order valence-electron chi connectivity index (χ2n) is 5.81. The van der Waals surface area contributed by atoms with E-state index in [2.05, 4.69) is 0 Å². The summed E-state index contributed by atoms with van der Waals surface area (Å²) in [5.41, 5.74) is 4.97. The molecule has 2 N–H and O–H groups in total. The molecule has 0 bridgehead atoms. The molecule has 0 amide bonds. The summed E-state index contributed by atoms with van der Waals surface area (Å²) in [6.45, 7) is 12.0. The largest absolute Gasteiger partial charge is 0.486 e. The topological polar surface area (TPSA) is 44.5 Å². The van der Waals surface area contributed by atoms with Crippen molar-refractivity contribution < 1.29 is 9.31 Å². The van der Waals surface area contributed by atoms with E-state index < -0.39 is 0 Å². The lowest BCUT2D eigenvalue weighted by molar-refractivity contribution is 0.00578. The second-order valence-corrected chi connectivity index (χ2v) is 5.81. The number of hydrogen-bond donors (Lipinski definition) is 1. The summed E-state index contributed by atoms with van der Waals surface area (Å²) in [4.78, 5) is 0. The molecule has 4 heteroatoms. The molecule has 15 heavy (non-hydrogen) atoms. The van der Waals surface area contributed by atoms with Crippen LogP contribution in [0.5, 0.6) is 0 Å². The summed E-state index contributed by atoms with van der Waals surface area (Å²) in [6.07, 6.45) is 1.91. The molecule has 86 valence electrons. The molecule has 3 nitrogen and oxygen atoms in total. The van der Waals surface area contributed by atoms with Crippen LogP contribution in [0.15, 0.2) is 12.1 Å². The Balaban J connectivity index is 2.68. The van der Waals surface area contributed by atoms with Gasteiger partial charge in [-0.2, -0.15) is 0 Å². The lowest BCUT2D eigenvalue weighted by atomic mass is 9.87. The Labute approximate surface area is 93.2 Å². The van der Waals surface area contributed by atoms with E-state index in [9.17, 15) is 0 Å². The van der Waals surface area contributed by atoms with Gasteiger partial charge in [0.15, 0.2) is 0 Å². The van der Waals surface area contributed by atoms with Gasteiger partial charge in [0.1, 0.15) is 0 Å². The highest BCUT2D eigenvalue weighted by Crippen LogP contribution is 2.36. The van der Waals surface area contributed by atoms with Gasteiger partial charge in [-0.25, -0.2) is 0 Å². The summed E-state index contributed by atoms with van der Waals surface area (Å²) >= 11 is 0. The first kappa shape index (κ1) is 12.8. The van der Waals surface area contributed by atoms with E-state index in [1.807, 2.05) is 53.6 Å². The molecular weight excluding hydrogens is 189 g/mol. The smallest absolute Gasteiger partial charge is 0.400 e. The molecule has 0 aromatic rings. The fourth-order valence-electron chi connectivity index (χ4n) is 1.29. The number of rotatable bonds is 2. The molecule has 0 aromatic carbocycles. The van der Waals surface area contributed by atoms with Gasteiger partial charge in [-0.05, 0) is 41.5 Å². The van der Waals surface area contributed by atoms with E-state index in [1.165, 1.54) is 0 Å². The van der Waals surface area contributed by atoms with Gasteiger partial charge in [0.2, 0.25) is 0 Å². The van der Waals surface area contributed by atoms with Crippen LogP contribution in [0.1, 0.15) is 41.5 Å². The zero-order valence-corrected chi connectivity index (χ0v) is 10.6. The third kappa shape index (κ3) is 3.07. The van der Waals surface area contributed by atoms with Gasteiger partial charge >= 0.3 is 7.12 Å². The Morgan fingerprint density at radius 1 is 1.07 bits per heavy atom. The minimum absolute atomic E-state index is 0.277. The Morgan fingerprint density at radius 2 is 1.47 bits per heavy atom. The van der Waals surface area contributed by atoms with Gasteiger partial charge in [-0.15, -0.1) is 0 Å². The lowest BCUT2D eigenvalue weighted by Crippen LogP contribution is -2.41. The van der Waals surface area contributed by atoms with Crippen LogP contribution in [-0.2, 0) is 9.31 Å². The molecule has 1 saturated heterocycles. The molecule has 1 aliphatic heterocycles. The van der Waals surface area contributed by atoms with Gasteiger partial charge in [-0.3, -0.25) is 0 Å². The summed E-state index contributed by atoms with van der Waals surface area (Å²) in [5, 5.41) is 0. The molecule has 1 heterocycles. The monoisotopic (exact) mass is 211 g/mol. The van der Waals surface area contributed by atoms with E-state index in [4.69, 9.17) is 15.0 Å². The van der Waals surface area contributed by atoms with Crippen molar-refractivity contribution in [3.8, 4) is 0 Å². The fraction of sp³-hybridized carbons (Fsp3) is 0.818. The predicted molar refractivity (Wildman–Crippen MR) is 63.5 cm³/mol. The molecule has 1 fully saturated rings. The Kier molecular flexibility index (Phi) is 3.07. The Morgan fingerprint density at radius 3 is 1.80 bits per heavy atom. The zero-order valence-electron chi connectivity index (χ0n) is 10.6. The van der Waals surface area contributed by atoms with Gasteiger partial charge in [0.25, 0.3) is 0 Å². The standard InChI is InChI=1S/C11H22BNO2/c1-9(2,13)7-8-12-14-10(3,4)11(5,6)15-12/h7-8H,13H2,1-6H3/b8-7+. The van der Waals surface area contributed by atoms with Crippen LogP contribution in [0, 0.1) is 0 Å². The van der Waals surface area contributed by atoms with Crippen LogP contribution < -0.4 is 5.73 Å². The number of nitrogens with two attached hydrogens (primary N) is 1. The quantitative estimate of drug-likeness (QED) is 0.709. The van der Waals surface area contributed by atoms with E-state index in [0.717, 1.165) is 0 Å². The zero-order chi connectivity index (χ0) is 11.9. The van der Waals surface area contributed by atoms with E-state index in [0.29, 0.717) is 0 Å². The molecule has 0 spiro atoms. The van der Waals surface area contributed by atoms with E-state index >= 15 is 0 Å². The van der Waals surface area contributed by atoms with Crippen molar-refractivity contribution in [2.45, 2.75) is 58.3 Å². The third-order valence-electron chi connectivity index (χ3n) is 2.95. The average molecular weight is 211 g/mol. The van der Waals surface area contributed by atoms with E-state index in [-0.39, 0.29) is 23.9 Å². The van der Waals surface area contributed by atoms with Crippen molar-refractivity contribution >= 4 is 7.12 Å². The molecule has 0 unspecified atom stereocenters. The highest BCUT2D eigenvalue weighted by Gasteiger charge is 2.50. The van der Waals surface area contributed by atoms with Crippen LogP contribution in [0.25, 0.3) is 0 Å². The molecule has 0 aliphatic carbocycles. The normalized spacial score (nSPS) is 25.1. The van der Waals surface area contributed by atoms with Crippen LogP contribution in [0.2, 0.25) is 0 Å². The van der Waals surface area contributed by atoms with Gasteiger partial charge < -0.3 is 15.0 Å². The lowest BCUT2D eigenvalue weighted by Gasteiger charge is -2.32. The molecule has 0 atom stereocenters. The highest BCUT2D eigenvalue weighted by molar-refractivity contribution is 6.51. The minimum Gasteiger partial charge on any atom is -0.400 e. The van der Waals surface area contributed by atoms with Crippen LogP contribution in [0.4, 0.5) is 0 Å². The van der Waals surface area contributed by atoms with Crippen molar-refractivity contribution in [3.05, 3.63) is 12.1 Å². The fourth-order valence-corrected chi connectivity index (χ4v) is 1.29. The predicted octanol–water partition coefficient (Wildman–Crippen LogP) is 1.91. The maximum absolute atomic E-state index is 5.85. The summed E-state index contributed by atoms with van der Waals surface area (Å²) in [5.74, 6) is 1.89. The van der Waals surface area contributed by atoms with Crippen molar-refractivity contribution in [2.24, 2.45) is 5.73 Å². The van der Waals surface area contributed by atoms with Crippen molar-refractivity contribution in [1.29, 1.82) is 0 Å². The average Bonchev–Trinajstić information content (AvgIpc) is 2.16. The molecule has 0 saturated carbocycles. The Bertz CT molecular complexity index is 250. The van der Waals surface area contributed by atoms with E-state index in [1.54, 1.807) is 0 Å². The maximum Gasteiger partial charge on any atom is 0.486 e. The molecular formula is C11H22BNO2. The van der Waals surface area contributed by atoms with Crippen molar-refractivity contribution in [3.63, 3.8) is 0 Å². The molecule has 0 aromatic heterocycles. The summed E-state index contributed by atoms with van der Waals surface area (Å²) in [6, 6.07) is 0. The molecule has 1 rings (SSSR count). The third-order valence-corrected chi connectivity index (χ3v) is 2.95. The summed E-state index contributed by atoms with van der Waals surface area (Å²) in [7, 11) is -0.294. The van der Waals surface area contributed by atoms with Gasteiger partial charge in [0, 0.05) is 5.54 Å². The summed E-state index contributed by atoms with van der Waals surface area (Å²) < 4.78 is 11.6. The second kappa shape index (κ2) is 3.61. The van der Waals surface area contributed by atoms with Gasteiger partial charge in [0.05, 0.1) is 11.2 Å². The minimum atomic E-state index is -0.330. The SMILES string of the molecule is CC(C)(N)/C=C/B1OC(C)(C)C(C)(C)O1. The first-order valence-corrected chi connectivity index (χ1v) is 5.37. The first-order chi connectivity index (χ1) is 6.54. The highest BCUT2D eigenvalue weighted by atomic mass is 16.7. The maximum atomic E-state index is 5.85. The van der Waals surface area contributed by atoms with Crippen molar-refractivity contribution in [2.75, 3.05) is 0 Å². The van der Waals surface area contributed by atoms with Gasteiger partial charge in [-0.1, -0.05) is 12.1 Å². The van der Waals surface area contributed by atoms with Crippen LogP contribution in [0.3, 0.4) is 0 Å². The number of hydrogen-bond acceptors (Lipinski definition) is 3. The van der Waals surface area contributed by atoms with Crippen LogP contribution in [-0.4, -0.2) is 23.9 Å². The van der Waals surface area contributed by atoms with Crippen molar-refractivity contribution in [1.82, 2.24) is 0 Å². The van der Waals surface area contributed by atoms with Crippen LogP contribution >= 0.6 is 0 Å². The first-order valence-electron chi connectivity index (χ1n) is 5.37. The Hall–Kier alpha value is -0.315. The molecule has 0 radical (unpaired) electrons.